The van der Waals surface area contributed by atoms with E-state index in [-0.39, 0.29) is 12.1 Å². The van der Waals surface area contributed by atoms with E-state index in [4.69, 9.17) is 5.73 Å². The summed E-state index contributed by atoms with van der Waals surface area (Å²) in [6, 6.07) is 0.481. The number of nitrogens with two attached hydrogens (primary N) is 1. The number of hydrogen-bond donors (Lipinski definition) is 3. The second kappa shape index (κ2) is 6.24. The second-order valence-electron chi connectivity index (χ2n) is 5.54. The predicted octanol–water partition coefficient (Wildman–Crippen LogP) is 1.75. The summed E-state index contributed by atoms with van der Waals surface area (Å²) in [5.74, 6) is 0.613. The maximum absolute atomic E-state index is 11.6. The molecule has 0 spiro atoms. The second-order valence-corrected chi connectivity index (χ2v) is 5.54. The van der Waals surface area contributed by atoms with Crippen molar-refractivity contribution < 1.29 is 4.79 Å². The fourth-order valence-corrected chi connectivity index (χ4v) is 3.07. The lowest BCUT2D eigenvalue weighted by atomic mass is 9.99. The van der Waals surface area contributed by atoms with Gasteiger partial charge in [0.1, 0.15) is 0 Å². The topological polar surface area (TPSA) is 67.1 Å². The molecule has 2 aliphatic carbocycles. The van der Waals surface area contributed by atoms with Crippen molar-refractivity contribution >= 4 is 6.03 Å². The van der Waals surface area contributed by atoms with Crippen LogP contribution in [0.1, 0.15) is 51.4 Å². The third-order valence-corrected chi connectivity index (χ3v) is 4.19. The zero-order valence-corrected chi connectivity index (χ0v) is 10.6. The quantitative estimate of drug-likeness (QED) is 0.699. The van der Waals surface area contributed by atoms with Crippen LogP contribution in [0.15, 0.2) is 0 Å². The van der Waals surface area contributed by atoms with E-state index < -0.39 is 0 Å². The van der Waals surface area contributed by atoms with Gasteiger partial charge in [0.2, 0.25) is 0 Å². The first-order valence-corrected chi connectivity index (χ1v) is 7.05. The molecule has 2 amide bonds. The third kappa shape index (κ3) is 3.87. The highest BCUT2D eigenvalue weighted by Crippen LogP contribution is 2.26. The molecule has 2 fully saturated rings. The Morgan fingerprint density at radius 2 is 1.71 bits per heavy atom. The summed E-state index contributed by atoms with van der Waals surface area (Å²) in [6.45, 7) is 0.614. The van der Waals surface area contributed by atoms with Crippen molar-refractivity contribution in [2.45, 2.75) is 63.5 Å². The van der Waals surface area contributed by atoms with E-state index in [1.165, 1.54) is 38.5 Å². The molecule has 2 rings (SSSR count). The molecule has 1 unspecified atom stereocenters. The van der Waals surface area contributed by atoms with Crippen LogP contribution in [0, 0.1) is 5.92 Å². The number of hydrogen-bond acceptors (Lipinski definition) is 2. The van der Waals surface area contributed by atoms with Crippen molar-refractivity contribution in [3.8, 4) is 0 Å². The third-order valence-electron chi connectivity index (χ3n) is 4.19. The molecule has 98 valence electrons. The van der Waals surface area contributed by atoms with Crippen LogP contribution in [-0.4, -0.2) is 24.7 Å². The lowest BCUT2D eigenvalue weighted by molar-refractivity contribution is 0.235. The van der Waals surface area contributed by atoms with Gasteiger partial charge >= 0.3 is 6.03 Å². The Bertz CT molecular complexity index is 245. The van der Waals surface area contributed by atoms with Gasteiger partial charge in [-0.1, -0.05) is 25.7 Å². The highest BCUT2D eigenvalue weighted by atomic mass is 16.2. The minimum absolute atomic E-state index is 0.0367. The molecule has 0 bridgehead atoms. The Balaban J connectivity index is 1.61. The summed E-state index contributed by atoms with van der Waals surface area (Å²) in [5.41, 5.74) is 6.09. The van der Waals surface area contributed by atoms with E-state index >= 15 is 0 Å². The van der Waals surface area contributed by atoms with Gasteiger partial charge < -0.3 is 16.4 Å². The lowest BCUT2D eigenvalue weighted by Crippen LogP contribution is -2.47. The summed E-state index contributed by atoms with van der Waals surface area (Å²) in [7, 11) is 0. The maximum atomic E-state index is 11.6. The fraction of sp³-hybridized carbons (Fsp3) is 0.923. The largest absolute Gasteiger partial charge is 0.337 e. The van der Waals surface area contributed by atoms with E-state index in [2.05, 4.69) is 10.6 Å². The van der Waals surface area contributed by atoms with E-state index in [0.29, 0.717) is 18.5 Å². The van der Waals surface area contributed by atoms with Gasteiger partial charge in [0.05, 0.1) is 0 Å². The molecule has 1 atom stereocenters. The number of carbonyl (C=O) groups excluding carboxylic acids is 1. The number of amides is 2. The van der Waals surface area contributed by atoms with Crippen LogP contribution in [-0.2, 0) is 0 Å². The van der Waals surface area contributed by atoms with Crippen molar-refractivity contribution in [2.75, 3.05) is 6.54 Å². The summed E-state index contributed by atoms with van der Waals surface area (Å²) >= 11 is 0. The Morgan fingerprint density at radius 1 is 1.12 bits per heavy atom. The molecule has 4 N–H and O–H groups in total. The van der Waals surface area contributed by atoms with Crippen LogP contribution in [0.25, 0.3) is 0 Å². The van der Waals surface area contributed by atoms with Crippen molar-refractivity contribution in [3.05, 3.63) is 0 Å². The minimum atomic E-state index is -0.0367. The zero-order chi connectivity index (χ0) is 12.1. The first-order valence-electron chi connectivity index (χ1n) is 7.05. The van der Waals surface area contributed by atoms with E-state index in [9.17, 15) is 4.79 Å². The molecular formula is C13H25N3O. The summed E-state index contributed by atoms with van der Waals surface area (Å²) < 4.78 is 0. The standard InChI is InChI=1S/C13H25N3O/c14-12(10-5-1-2-6-10)9-15-13(17)16-11-7-3-4-8-11/h10-12H,1-9,14H2,(H2,15,16,17). The average molecular weight is 239 g/mol. The number of rotatable bonds is 4. The highest BCUT2D eigenvalue weighted by molar-refractivity contribution is 5.74. The molecule has 2 saturated carbocycles. The number of urea groups is 1. The monoisotopic (exact) mass is 239 g/mol. The molecule has 0 aromatic heterocycles. The van der Waals surface area contributed by atoms with E-state index in [1.807, 2.05) is 0 Å². The average Bonchev–Trinajstić information content (AvgIpc) is 2.97. The summed E-state index contributed by atoms with van der Waals surface area (Å²) in [6.07, 6.45) is 9.79. The minimum Gasteiger partial charge on any atom is -0.337 e. The Labute approximate surface area is 104 Å². The molecule has 4 nitrogen and oxygen atoms in total. The van der Waals surface area contributed by atoms with Gasteiger partial charge in [0, 0.05) is 18.6 Å². The zero-order valence-electron chi connectivity index (χ0n) is 10.6. The van der Waals surface area contributed by atoms with Crippen LogP contribution in [0.2, 0.25) is 0 Å². The highest BCUT2D eigenvalue weighted by Gasteiger charge is 2.23. The van der Waals surface area contributed by atoms with Crippen molar-refractivity contribution in [2.24, 2.45) is 11.7 Å². The van der Waals surface area contributed by atoms with Gasteiger partial charge in [-0.3, -0.25) is 0 Å². The summed E-state index contributed by atoms with van der Waals surface area (Å²) in [4.78, 5) is 11.6. The summed E-state index contributed by atoms with van der Waals surface area (Å²) in [5, 5.41) is 5.93. The molecule has 0 saturated heterocycles. The molecule has 0 heterocycles. The molecule has 0 aromatic carbocycles. The Morgan fingerprint density at radius 3 is 2.35 bits per heavy atom. The van der Waals surface area contributed by atoms with Gasteiger partial charge in [-0.2, -0.15) is 0 Å². The smallest absolute Gasteiger partial charge is 0.315 e. The van der Waals surface area contributed by atoms with E-state index in [0.717, 1.165) is 12.8 Å². The molecular weight excluding hydrogens is 214 g/mol. The van der Waals surface area contributed by atoms with Crippen molar-refractivity contribution in [1.29, 1.82) is 0 Å². The SMILES string of the molecule is NC(CNC(=O)NC1CCCC1)C1CCCC1. The van der Waals surface area contributed by atoms with Gasteiger partial charge in [0.15, 0.2) is 0 Å². The van der Waals surface area contributed by atoms with Crippen LogP contribution >= 0.6 is 0 Å². The van der Waals surface area contributed by atoms with Crippen LogP contribution in [0.3, 0.4) is 0 Å². The van der Waals surface area contributed by atoms with Gasteiger partial charge in [0.25, 0.3) is 0 Å². The number of carbonyl (C=O) groups is 1. The van der Waals surface area contributed by atoms with Crippen molar-refractivity contribution in [1.82, 2.24) is 10.6 Å². The normalized spacial score (nSPS) is 23.8. The number of nitrogens with one attached hydrogen (secondary N) is 2. The molecule has 4 heteroatoms. The molecule has 2 aliphatic rings. The van der Waals surface area contributed by atoms with Gasteiger partial charge in [-0.25, -0.2) is 4.79 Å². The molecule has 0 aromatic rings. The fourth-order valence-electron chi connectivity index (χ4n) is 3.07. The van der Waals surface area contributed by atoms with Gasteiger partial charge in [-0.15, -0.1) is 0 Å². The Kier molecular flexibility index (Phi) is 4.66. The van der Waals surface area contributed by atoms with Crippen LogP contribution in [0.5, 0.6) is 0 Å². The maximum Gasteiger partial charge on any atom is 0.315 e. The predicted molar refractivity (Wildman–Crippen MR) is 68.7 cm³/mol. The Hall–Kier alpha value is -0.770. The van der Waals surface area contributed by atoms with Crippen molar-refractivity contribution in [3.63, 3.8) is 0 Å². The molecule has 17 heavy (non-hydrogen) atoms. The molecule has 0 aliphatic heterocycles. The first-order chi connectivity index (χ1) is 8.25. The molecule has 0 radical (unpaired) electrons. The van der Waals surface area contributed by atoms with Crippen LogP contribution in [0.4, 0.5) is 4.79 Å². The van der Waals surface area contributed by atoms with Gasteiger partial charge in [-0.05, 0) is 31.6 Å². The van der Waals surface area contributed by atoms with E-state index in [1.54, 1.807) is 0 Å². The first kappa shape index (κ1) is 12.7. The lowest BCUT2D eigenvalue weighted by Gasteiger charge is -2.20. The van der Waals surface area contributed by atoms with Crippen LogP contribution < -0.4 is 16.4 Å².